The monoisotopic (exact) mass is 536 g/mol. The van der Waals surface area contributed by atoms with E-state index in [4.69, 9.17) is 0 Å². The van der Waals surface area contributed by atoms with E-state index in [0.29, 0.717) is 12.5 Å². The van der Waals surface area contributed by atoms with Crippen molar-refractivity contribution >= 4 is 35.8 Å². The number of benzene rings is 1. The molecule has 2 aromatic rings. The summed E-state index contributed by atoms with van der Waals surface area (Å²) < 4.78 is 1.95. The molecule has 4 rings (SSSR count). The summed E-state index contributed by atoms with van der Waals surface area (Å²) in [5.41, 5.74) is 2.34. The molecule has 1 aliphatic carbocycles. The number of aromatic nitrogens is 2. The van der Waals surface area contributed by atoms with Crippen LogP contribution in [0.15, 0.2) is 47.7 Å². The topological polar surface area (TPSA) is 74.6 Å². The predicted octanol–water partition coefficient (Wildman–Crippen LogP) is 3.01. The molecule has 0 bridgehead atoms. The number of guanidine groups is 1. The summed E-state index contributed by atoms with van der Waals surface area (Å²) in [6.07, 6.45) is 9.44. The van der Waals surface area contributed by atoms with E-state index in [2.05, 4.69) is 39.1 Å². The van der Waals surface area contributed by atoms with Crippen LogP contribution in [0, 0.1) is 5.92 Å². The van der Waals surface area contributed by atoms with E-state index in [1.54, 1.807) is 7.05 Å². The lowest BCUT2D eigenvalue weighted by molar-refractivity contribution is -0.134. The third-order valence-corrected chi connectivity index (χ3v) is 6.10. The molecule has 1 aromatic heterocycles. The first-order chi connectivity index (χ1) is 14.7. The Bertz CT molecular complexity index is 862. The maximum absolute atomic E-state index is 12.6. The van der Waals surface area contributed by atoms with Gasteiger partial charge in [0.15, 0.2) is 5.96 Å². The van der Waals surface area contributed by atoms with Crippen LogP contribution in [-0.4, -0.2) is 52.7 Å². The molecule has 2 fully saturated rings. The molecule has 2 aliphatic rings. The van der Waals surface area contributed by atoms with E-state index in [9.17, 15) is 4.79 Å². The number of hydrogen-bond acceptors (Lipinski definition) is 3. The van der Waals surface area contributed by atoms with E-state index >= 15 is 0 Å². The molecular formula is C23H33IN6O. The smallest absolute Gasteiger partial charge is 0.225 e. The van der Waals surface area contributed by atoms with Crippen molar-refractivity contribution in [3.63, 3.8) is 0 Å². The van der Waals surface area contributed by atoms with Crippen molar-refractivity contribution in [1.82, 2.24) is 25.3 Å². The summed E-state index contributed by atoms with van der Waals surface area (Å²) in [6.45, 7) is 3.04. The maximum atomic E-state index is 12.6. The lowest BCUT2D eigenvalue weighted by Gasteiger charge is -2.21. The number of carbonyl (C=O) groups is 1. The van der Waals surface area contributed by atoms with Crippen molar-refractivity contribution < 1.29 is 4.79 Å². The summed E-state index contributed by atoms with van der Waals surface area (Å²) in [5.74, 6) is 1.38. The average Bonchev–Trinajstić information content (AvgIpc) is 3.53. The van der Waals surface area contributed by atoms with Crippen LogP contribution in [0.1, 0.15) is 43.2 Å². The number of nitrogens with zero attached hydrogens (tertiary/aromatic N) is 4. The van der Waals surface area contributed by atoms with Gasteiger partial charge < -0.3 is 15.5 Å². The minimum absolute atomic E-state index is 0. The largest absolute Gasteiger partial charge is 0.352 e. The fraction of sp³-hybridized carbons (Fsp3) is 0.522. The summed E-state index contributed by atoms with van der Waals surface area (Å²) in [7, 11) is 1.78. The standard InChI is InChI=1S/C23H32N6O.HI/c1-24-23(27-21-11-12-28(17-21)22(30)20-9-5-6-10-20)25-13-19-14-26-29(16-19)15-18-7-3-2-4-8-18;/h2-4,7-8,14,16,20-21H,5-6,9-13,15,17H2,1H3,(H2,24,25,27);1H. The van der Waals surface area contributed by atoms with Crippen LogP contribution in [-0.2, 0) is 17.9 Å². The number of halogens is 1. The molecule has 0 radical (unpaired) electrons. The van der Waals surface area contributed by atoms with Crippen molar-refractivity contribution in [2.24, 2.45) is 10.9 Å². The summed E-state index contributed by atoms with van der Waals surface area (Å²) in [5, 5.41) is 11.3. The maximum Gasteiger partial charge on any atom is 0.225 e. The Morgan fingerprint density at radius 1 is 1.16 bits per heavy atom. The highest BCUT2D eigenvalue weighted by Gasteiger charge is 2.32. The highest BCUT2D eigenvalue weighted by Crippen LogP contribution is 2.27. The van der Waals surface area contributed by atoms with Crippen molar-refractivity contribution in [1.29, 1.82) is 0 Å². The van der Waals surface area contributed by atoms with Crippen LogP contribution in [0.5, 0.6) is 0 Å². The predicted molar refractivity (Wildman–Crippen MR) is 133 cm³/mol. The van der Waals surface area contributed by atoms with Gasteiger partial charge in [0.2, 0.25) is 5.91 Å². The van der Waals surface area contributed by atoms with E-state index < -0.39 is 0 Å². The normalized spacial score (nSPS) is 19.3. The number of nitrogens with one attached hydrogen (secondary N) is 2. The number of carbonyl (C=O) groups excluding carboxylic acids is 1. The van der Waals surface area contributed by atoms with E-state index in [-0.39, 0.29) is 35.9 Å². The second-order valence-electron chi connectivity index (χ2n) is 8.35. The molecule has 168 valence electrons. The first kappa shape index (κ1) is 23.6. The molecule has 1 atom stereocenters. The fourth-order valence-corrected chi connectivity index (χ4v) is 4.44. The fourth-order valence-electron chi connectivity index (χ4n) is 4.44. The van der Waals surface area contributed by atoms with Gasteiger partial charge in [-0.2, -0.15) is 5.10 Å². The first-order valence-electron chi connectivity index (χ1n) is 11.0. The van der Waals surface area contributed by atoms with Gasteiger partial charge in [-0.25, -0.2) is 0 Å². The van der Waals surface area contributed by atoms with Crippen LogP contribution in [0.4, 0.5) is 0 Å². The van der Waals surface area contributed by atoms with Gasteiger partial charge in [-0.15, -0.1) is 24.0 Å². The molecule has 2 N–H and O–H groups in total. The molecule has 1 aliphatic heterocycles. The summed E-state index contributed by atoms with van der Waals surface area (Å²) >= 11 is 0. The van der Waals surface area contributed by atoms with Gasteiger partial charge in [-0.3, -0.25) is 14.5 Å². The Labute approximate surface area is 201 Å². The molecule has 7 nitrogen and oxygen atoms in total. The Morgan fingerprint density at radius 2 is 1.94 bits per heavy atom. The third-order valence-electron chi connectivity index (χ3n) is 6.10. The van der Waals surface area contributed by atoms with Gasteiger partial charge in [0.1, 0.15) is 0 Å². The van der Waals surface area contributed by atoms with Gasteiger partial charge in [-0.05, 0) is 24.8 Å². The highest BCUT2D eigenvalue weighted by atomic mass is 127. The average molecular weight is 536 g/mol. The van der Waals surface area contributed by atoms with Crippen LogP contribution in [0.25, 0.3) is 0 Å². The minimum Gasteiger partial charge on any atom is -0.352 e. The summed E-state index contributed by atoms with van der Waals surface area (Å²) in [4.78, 5) is 19.0. The van der Waals surface area contributed by atoms with E-state index in [1.165, 1.54) is 18.4 Å². The number of amides is 1. The Kier molecular flexibility index (Phi) is 8.74. The van der Waals surface area contributed by atoms with Gasteiger partial charge in [0, 0.05) is 50.4 Å². The SMILES string of the molecule is CN=C(NCc1cnn(Cc2ccccc2)c1)NC1CCN(C(=O)C2CCCC2)C1.I. The molecule has 0 spiro atoms. The van der Waals surface area contributed by atoms with Crippen LogP contribution in [0.2, 0.25) is 0 Å². The van der Waals surface area contributed by atoms with Gasteiger partial charge in [0.05, 0.1) is 12.7 Å². The van der Waals surface area contributed by atoms with Crippen molar-refractivity contribution in [2.75, 3.05) is 20.1 Å². The highest BCUT2D eigenvalue weighted by molar-refractivity contribution is 14.0. The molecule has 1 amide bonds. The summed E-state index contributed by atoms with van der Waals surface area (Å²) in [6, 6.07) is 10.6. The quantitative estimate of drug-likeness (QED) is 0.338. The molecule has 1 aromatic carbocycles. The number of rotatable bonds is 6. The minimum atomic E-state index is 0. The molecule has 1 unspecified atom stereocenters. The molecule has 1 saturated heterocycles. The number of aliphatic imine (C=N–C) groups is 1. The number of hydrogen-bond donors (Lipinski definition) is 2. The first-order valence-corrected chi connectivity index (χ1v) is 11.0. The zero-order valence-electron chi connectivity index (χ0n) is 18.2. The van der Waals surface area contributed by atoms with Crippen LogP contribution < -0.4 is 10.6 Å². The molecule has 2 heterocycles. The van der Waals surface area contributed by atoms with Crippen molar-refractivity contribution in [3.05, 3.63) is 53.9 Å². The second-order valence-corrected chi connectivity index (χ2v) is 8.35. The Morgan fingerprint density at radius 3 is 2.68 bits per heavy atom. The van der Waals surface area contributed by atoms with E-state index in [1.807, 2.05) is 34.0 Å². The number of likely N-dealkylation sites (tertiary alicyclic amines) is 1. The Balaban J connectivity index is 0.00000272. The molecular weight excluding hydrogens is 503 g/mol. The van der Waals surface area contributed by atoms with Gasteiger partial charge in [-0.1, -0.05) is 43.2 Å². The zero-order chi connectivity index (χ0) is 20.8. The van der Waals surface area contributed by atoms with Crippen molar-refractivity contribution in [2.45, 2.75) is 51.2 Å². The lowest BCUT2D eigenvalue weighted by atomic mass is 10.1. The zero-order valence-corrected chi connectivity index (χ0v) is 20.5. The van der Waals surface area contributed by atoms with Gasteiger partial charge in [0.25, 0.3) is 0 Å². The second kappa shape index (κ2) is 11.5. The van der Waals surface area contributed by atoms with Crippen molar-refractivity contribution in [3.8, 4) is 0 Å². The Hall–Kier alpha value is -2.10. The molecule has 31 heavy (non-hydrogen) atoms. The van der Waals surface area contributed by atoms with E-state index in [0.717, 1.165) is 50.4 Å². The van der Waals surface area contributed by atoms with Crippen LogP contribution in [0.3, 0.4) is 0 Å². The van der Waals surface area contributed by atoms with Gasteiger partial charge >= 0.3 is 0 Å². The molecule has 1 saturated carbocycles. The van der Waals surface area contributed by atoms with Crippen LogP contribution >= 0.6 is 24.0 Å². The molecule has 8 heteroatoms. The lowest BCUT2D eigenvalue weighted by Crippen LogP contribution is -2.45. The third kappa shape index (κ3) is 6.44.